The lowest BCUT2D eigenvalue weighted by atomic mass is 9.97. The van der Waals surface area contributed by atoms with Crippen molar-refractivity contribution < 1.29 is 14.6 Å². The van der Waals surface area contributed by atoms with Gasteiger partial charge in [0.2, 0.25) is 0 Å². The van der Waals surface area contributed by atoms with E-state index >= 15 is 0 Å². The lowest BCUT2D eigenvalue weighted by Gasteiger charge is -2.33. The fraction of sp³-hybridized carbons (Fsp3) is 1.00. The normalized spacial score (nSPS) is 16.6. The quantitative estimate of drug-likeness (QED) is 0.517. The molecule has 19 heavy (non-hydrogen) atoms. The van der Waals surface area contributed by atoms with Crippen LogP contribution in [0.3, 0.4) is 0 Å². The zero-order valence-electron chi connectivity index (χ0n) is 13.0. The molecule has 0 bridgehead atoms. The Labute approximate surface area is 118 Å². The number of ether oxygens (including phenoxy) is 2. The van der Waals surface area contributed by atoms with Crippen LogP contribution in [0.5, 0.6) is 0 Å². The average Bonchev–Trinajstić information content (AvgIpc) is 2.36. The van der Waals surface area contributed by atoms with Gasteiger partial charge in [0, 0.05) is 38.9 Å². The third kappa shape index (κ3) is 9.35. The molecule has 0 aliphatic rings. The van der Waals surface area contributed by atoms with Gasteiger partial charge in [-0.1, -0.05) is 0 Å². The van der Waals surface area contributed by atoms with E-state index in [1.807, 2.05) is 13.8 Å². The zero-order valence-corrected chi connectivity index (χ0v) is 13.0. The van der Waals surface area contributed by atoms with Gasteiger partial charge in [0.1, 0.15) is 0 Å². The highest BCUT2D eigenvalue weighted by molar-refractivity contribution is 4.80. The van der Waals surface area contributed by atoms with Crippen molar-refractivity contribution in [2.45, 2.75) is 45.8 Å². The highest BCUT2D eigenvalue weighted by Gasteiger charge is 2.24. The van der Waals surface area contributed by atoms with Crippen molar-refractivity contribution in [2.75, 3.05) is 46.1 Å². The smallest absolute Gasteiger partial charge is 0.0756 e. The van der Waals surface area contributed by atoms with Crippen molar-refractivity contribution in [2.24, 2.45) is 5.73 Å². The van der Waals surface area contributed by atoms with Crippen molar-refractivity contribution in [3.63, 3.8) is 0 Å². The molecule has 5 nitrogen and oxygen atoms in total. The Morgan fingerprint density at radius 2 is 1.63 bits per heavy atom. The van der Waals surface area contributed by atoms with E-state index in [4.69, 9.17) is 15.2 Å². The van der Waals surface area contributed by atoms with Gasteiger partial charge < -0.3 is 20.3 Å². The Kier molecular flexibility index (Phi) is 10.5. The van der Waals surface area contributed by atoms with Gasteiger partial charge in [0.15, 0.2) is 0 Å². The fourth-order valence-corrected chi connectivity index (χ4v) is 2.05. The fourth-order valence-electron chi connectivity index (χ4n) is 2.05. The third-order valence-electron chi connectivity index (χ3n) is 3.25. The van der Waals surface area contributed by atoms with Crippen LogP contribution < -0.4 is 5.73 Å². The second kappa shape index (κ2) is 10.6. The minimum Gasteiger partial charge on any atom is -0.389 e. The standard InChI is InChI=1S/C14H32N2O3/c1-5-18-9-7-16(8-10-19-6-2)13(3)11-14(4,17)12-15/h13,17H,5-12,15H2,1-4H3. The molecule has 0 saturated heterocycles. The Balaban J connectivity index is 4.26. The Bertz CT molecular complexity index is 203. The summed E-state index contributed by atoms with van der Waals surface area (Å²) in [6.45, 7) is 12.7. The molecule has 0 radical (unpaired) electrons. The van der Waals surface area contributed by atoms with E-state index in [9.17, 15) is 5.11 Å². The van der Waals surface area contributed by atoms with Crippen LogP contribution in [0, 0.1) is 0 Å². The van der Waals surface area contributed by atoms with Crippen molar-refractivity contribution in [1.82, 2.24) is 4.90 Å². The molecule has 0 aromatic heterocycles. The molecule has 0 rings (SSSR count). The van der Waals surface area contributed by atoms with Crippen LogP contribution in [0.25, 0.3) is 0 Å². The summed E-state index contributed by atoms with van der Waals surface area (Å²) in [4.78, 5) is 2.29. The van der Waals surface area contributed by atoms with Crippen LogP contribution in [0.2, 0.25) is 0 Å². The molecule has 0 aromatic carbocycles. The first-order valence-electron chi connectivity index (χ1n) is 7.28. The number of aliphatic hydroxyl groups is 1. The first-order chi connectivity index (χ1) is 8.96. The monoisotopic (exact) mass is 276 g/mol. The molecule has 0 aromatic rings. The summed E-state index contributed by atoms with van der Waals surface area (Å²) in [6.07, 6.45) is 0.655. The predicted molar refractivity (Wildman–Crippen MR) is 78.3 cm³/mol. The first-order valence-corrected chi connectivity index (χ1v) is 7.28. The minimum atomic E-state index is -0.811. The number of nitrogens with two attached hydrogens (primary N) is 1. The number of hydrogen-bond acceptors (Lipinski definition) is 5. The van der Waals surface area contributed by atoms with Gasteiger partial charge >= 0.3 is 0 Å². The van der Waals surface area contributed by atoms with E-state index in [0.717, 1.165) is 26.3 Å². The highest BCUT2D eigenvalue weighted by atomic mass is 16.5. The Morgan fingerprint density at radius 1 is 1.16 bits per heavy atom. The van der Waals surface area contributed by atoms with Crippen molar-refractivity contribution in [1.29, 1.82) is 0 Å². The van der Waals surface area contributed by atoms with Gasteiger partial charge in [-0.3, -0.25) is 4.90 Å². The molecule has 0 spiro atoms. The summed E-state index contributed by atoms with van der Waals surface area (Å²) >= 11 is 0. The van der Waals surface area contributed by atoms with E-state index in [1.165, 1.54) is 0 Å². The van der Waals surface area contributed by atoms with E-state index in [1.54, 1.807) is 6.92 Å². The van der Waals surface area contributed by atoms with E-state index in [-0.39, 0.29) is 12.6 Å². The molecule has 0 heterocycles. The number of rotatable bonds is 12. The molecule has 0 aliphatic heterocycles. The van der Waals surface area contributed by atoms with Gasteiger partial charge in [0.05, 0.1) is 18.8 Å². The third-order valence-corrected chi connectivity index (χ3v) is 3.25. The maximum Gasteiger partial charge on any atom is 0.0756 e. The molecule has 0 amide bonds. The maximum atomic E-state index is 10.1. The Hall–Kier alpha value is -0.200. The predicted octanol–water partition coefficient (Wildman–Crippen LogP) is 0.850. The van der Waals surface area contributed by atoms with Gasteiger partial charge in [0.25, 0.3) is 0 Å². The number of nitrogens with zero attached hydrogens (tertiary/aromatic N) is 1. The minimum absolute atomic E-state index is 0.250. The average molecular weight is 276 g/mol. The van der Waals surface area contributed by atoms with Crippen LogP contribution >= 0.6 is 0 Å². The van der Waals surface area contributed by atoms with Crippen LogP contribution in [0.4, 0.5) is 0 Å². The van der Waals surface area contributed by atoms with E-state index in [2.05, 4.69) is 11.8 Å². The summed E-state index contributed by atoms with van der Waals surface area (Å²) in [5.41, 5.74) is 4.77. The summed E-state index contributed by atoms with van der Waals surface area (Å²) in [6, 6.07) is 0.250. The summed E-state index contributed by atoms with van der Waals surface area (Å²) in [5.74, 6) is 0. The van der Waals surface area contributed by atoms with Crippen molar-refractivity contribution >= 4 is 0 Å². The molecule has 3 N–H and O–H groups in total. The van der Waals surface area contributed by atoms with Crippen LogP contribution in [0.15, 0.2) is 0 Å². The summed E-state index contributed by atoms with van der Waals surface area (Å²) in [5, 5.41) is 10.1. The van der Waals surface area contributed by atoms with Crippen LogP contribution in [0.1, 0.15) is 34.1 Å². The van der Waals surface area contributed by atoms with Gasteiger partial charge in [-0.25, -0.2) is 0 Å². The van der Waals surface area contributed by atoms with Gasteiger partial charge in [-0.2, -0.15) is 0 Å². The molecule has 2 unspecified atom stereocenters. The van der Waals surface area contributed by atoms with E-state index < -0.39 is 5.60 Å². The number of hydrogen-bond donors (Lipinski definition) is 2. The molecule has 0 fully saturated rings. The summed E-state index contributed by atoms with van der Waals surface area (Å²) in [7, 11) is 0. The molecule has 116 valence electrons. The molecule has 5 heteroatoms. The largest absolute Gasteiger partial charge is 0.389 e. The Morgan fingerprint density at radius 3 is 2.00 bits per heavy atom. The molecular formula is C14H32N2O3. The maximum absolute atomic E-state index is 10.1. The first kappa shape index (κ1) is 18.8. The van der Waals surface area contributed by atoms with Gasteiger partial charge in [-0.15, -0.1) is 0 Å². The van der Waals surface area contributed by atoms with Gasteiger partial charge in [-0.05, 0) is 34.1 Å². The zero-order chi connectivity index (χ0) is 14.7. The van der Waals surface area contributed by atoms with E-state index in [0.29, 0.717) is 19.6 Å². The van der Waals surface area contributed by atoms with Crippen LogP contribution in [-0.4, -0.2) is 67.7 Å². The second-order valence-electron chi connectivity index (χ2n) is 5.18. The molecule has 2 atom stereocenters. The topological polar surface area (TPSA) is 68.0 Å². The van der Waals surface area contributed by atoms with Crippen molar-refractivity contribution in [3.05, 3.63) is 0 Å². The lowest BCUT2D eigenvalue weighted by Crippen LogP contribution is -2.45. The highest BCUT2D eigenvalue weighted by Crippen LogP contribution is 2.15. The molecule has 0 saturated carbocycles. The van der Waals surface area contributed by atoms with Crippen molar-refractivity contribution in [3.8, 4) is 0 Å². The molecular weight excluding hydrogens is 244 g/mol. The van der Waals surface area contributed by atoms with Crippen LogP contribution in [-0.2, 0) is 9.47 Å². The summed E-state index contributed by atoms with van der Waals surface area (Å²) < 4.78 is 10.8. The molecule has 0 aliphatic carbocycles. The lowest BCUT2D eigenvalue weighted by molar-refractivity contribution is 0.0117. The SMILES string of the molecule is CCOCCN(CCOCC)C(C)CC(C)(O)CN. The second-order valence-corrected chi connectivity index (χ2v) is 5.18.